The van der Waals surface area contributed by atoms with Gasteiger partial charge in [-0.15, -0.1) is 0 Å². The van der Waals surface area contributed by atoms with Crippen LogP contribution in [0.3, 0.4) is 0 Å². The van der Waals surface area contributed by atoms with Crippen LogP contribution >= 0.6 is 0 Å². The van der Waals surface area contributed by atoms with E-state index in [1.54, 1.807) is 30.3 Å². The molecule has 20 heavy (non-hydrogen) atoms. The number of nitrogens with one attached hydrogen (secondary N) is 1. The number of hydrazine groups is 1. The Morgan fingerprint density at radius 1 is 1.30 bits per heavy atom. The lowest BCUT2D eigenvalue weighted by atomic mass is 10.4. The van der Waals surface area contributed by atoms with E-state index in [0.717, 1.165) is 5.39 Å². The first-order valence-corrected chi connectivity index (χ1v) is 5.99. The van der Waals surface area contributed by atoms with E-state index < -0.39 is 0 Å². The number of nitrogens with zero attached hydrogens (tertiary/aromatic N) is 5. The zero-order valence-electron chi connectivity index (χ0n) is 10.8. The number of anilines is 1. The number of rotatable bonds is 3. The highest BCUT2D eigenvalue weighted by atomic mass is 16.1. The minimum absolute atomic E-state index is 0.0337. The SMILES string of the molecule is Cn1ncc2c(NN)nc(Cn3ccc(=O)cc3)nc21. The van der Waals surface area contributed by atoms with Crippen molar-refractivity contribution in [3.8, 4) is 0 Å². The van der Waals surface area contributed by atoms with Crippen LogP contribution in [0.5, 0.6) is 0 Å². The lowest BCUT2D eigenvalue weighted by Crippen LogP contribution is -2.13. The molecule has 3 aromatic heterocycles. The topological polar surface area (TPSA) is 104 Å². The Hall–Kier alpha value is -2.74. The van der Waals surface area contributed by atoms with Gasteiger partial charge in [-0.2, -0.15) is 5.10 Å². The van der Waals surface area contributed by atoms with Gasteiger partial charge in [-0.1, -0.05) is 0 Å². The summed E-state index contributed by atoms with van der Waals surface area (Å²) < 4.78 is 3.48. The molecule has 0 bridgehead atoms. The predicted octanol–water partition coefficient (Wildman–Crippen LogP) is -0.141. The van der Waals surface area contributed by atoms with E-state index in [2.05, 4.69) is 20.5 Å². The first-order chi connectivity index (χ1) is 9.67. The number of hydrogen-bond donors (Lipinski definition) is 2. The second-order valence-corrected chi connectivity index (χ2v) is 4.34. The fraction of sp³-hybridized carbons (Fsp3) is 0.167. The highest BCUT2D eigenvalue weighted by Gasteiger charge is 2.10. The van der Waals surface area contributed by atoms with Gasteiger partial charge in [0.25, 0.3) is 0 Å². The van der Waals surface area contributed by atoms with Crippen LogP contribution in [0.4, 0.5) is 5.82 Å². The first kappa shape index (κ1) is 12.3. The fourth-order valence-corrected chi connectivity index (χ4v) is 1.96. The van der Waals surface area contributed by atoms with Crippen LogP contribution in [0, 0.1) is 0 Å². The number of hydrogen-bond acceptors (Lipinski definition) is 6. The summed E-state index contributed by atoms with van der Waals surface area (Å²) in [6.07, 6.45) is 5.04. The normalized spacial score (nSPS) is 10.9. The molecular weight excluding hydrogens is 258 g/mol. The molecule has 8 nitrogen and oxygen atoms in total. The molecule has 3 rings (SSSR count). The van der Waals surface area contributed by atoms with Crippen LogP contribution in [0.25, 0.3) is 11.0 Å². The van der Waals surface area contributed by atoms with Crippen molar-refractivity contribution >= 4 is 16.9 Å². The van der Waals surface area contributed by atoms with Gasteiger partial charge in [-0.25, -0.2) is 15.8 Å². The molecule has 0 fully saturated rings. The molecule has 0 aliphatic heterocycles. The molecule has 8 heteroatoms. The average molecular weight is 271 g/mol. The van der Waals surface area contributed by atoms with Crippen molar-refractivity contribution in [1.82, 2.24) is 24.3 Å². The third-order valence-corrected chi connectivity index (χ3v) is 2.96. The molecule has 0 amide bonds. The molecule has 0 atom stereocenters. The summed E-state index contributed by atoms with van der Waals surface area (Å²) >= 11 is 0. The van der Waals surface area contributed by atoms with Crippen molar-refractivity contribution < 1.29 is 0 Å². The van der Waals surface area contributed by atoms with Crippen molar-refractivity contribution in [3.63, 3.8) is 0 Å². The van der Waals surface area contributed by atoms with E-state index in [9.17, 15) is 4.79 Å². The summed E-state index contributed by atoms with van der Waals surface area (Å²) in [6.45, 7) is 0.441. The second kappa shape index (κ2) is 4.74. The molecule has 102 valence electrons. The van der Waals surface area contributed by atoms with E-state index in [1.807, 2.05) is 4.57 Å². The third kappa shape index (κ3) is 2.12. The quantitative estimate of drug-likeness (QED) is 0.507. The zero-order chi connectivity index (χ0) is 14.1. The van der Waals surface area contributed by atoms with Crippen LogP contribution in [-0.2, 0) is 13.6 Å². The van der Waals surface area contributed by atoms with Crippen molar-refractivity contribution in [2.24, 2.45) is 12.9 Å². The monoisotopic (exact) mass is 271 g/mol. The number of nitrogens with two attached hydrogens (primary N) is 1. The zero-order valence-corrected chi connectivity index (χ0v) is 10.8. The molecule has 0 aliphatic rings. The lowest BCUT2D eigenvalue weighted by Gasteiger charge is -2.07. The van der Waals surface area contributed by atoms with Crippen LogP contribution < -0.4 is 16.7 Å². The summed E-state index contributed by atoms with van der Waals surface area (Å²) in [7, 11) is 1.80. The van der Waals surface area contributed by atoms with Gasteiger partial charge in [0.05, 0.1) is 18.1 Å². The van der Waals surface area contributed by atoms with Gasteiger partial charge in [0.15, 0.2) is 22.7 Å². The maximum Gasteiger partial charge on any atom is 0.181 e. The number of aromatic nitrogens is 5. The Balaban J connectivity index is 2.05. The Bertz CT molecular complexity index is 800. The second-order valence-electron chi connectivity index (χ2n) is 4.34. The smallest absolute Gasteiger partial charge is 0.181 e. The number of fused-ring (bicyclic) bond motifs is 1. The van der Waals surface area contributed by atoms with Crippen LogP contribution in [0.15, 0.2) is 35.5 Å². The number of nitrogen functional groups attached to an aromatic ring is 1. The molecular formula is C12H13N7O. The van der Waals surface area contributed by atoms with Gasteiger partial charge in [-0.3, -0.25) is 9.48 Å². The van der Waals surface area contributed by atoms with Crippen molar-refractivity contribution in [3.05, 3.63) is 46.8 Å². The van der Waals surface area contributed by atoms with Gasteiger partial charge in [-0.05, 0) is 0 Å². The Morgan fingerprint density at radius 3 is 2.75 bits per heavy atom. The number of pyridine rings is 1. The highest BCUT2D eigenvalue weighted by Crippen LogP contribution is 2.18. The predicted molar refractivity (Wildman–Crippen MR) is 73.9 cm³/mol. The van der Waals surface area contributed by atoms with Crippen LogP contribution in [0.2, 0.25) is 0 Å². The standard InChI is InChI=1S/C12H13N7O/c1-18-12-9(6-14-18)11(17-13)15-10(16-12)7-19-4-2-8(20)3-5-19/h2-6H,7,13H2,1H3,(H,15,16,17). The van der Waals surface area contributed by atoms with E-state index in [4.69, 9.17) is 5.84 Å². The van der Waals surface area contributed by atoms with E-state index in [-0.39, 0.29) is 5.43 Å². The summed E-state index contributed by atoms with van der Waals surface area (Å²) in [4.78, 5) is 19.9. The van der Waals surface area contributed by atoms with Gasteiger partial charge in [0.2, 0.25) is 0 Å². The Morgan fingerprint density at radius 2 is 2.05 bits per heavy atom. The van der Waals surface area contributed by atoms with Crippen LogP contribution in [0.1, 0.15) is 5.82 Å². The molecule has 0 unspecified atom stereocenters. The maximum absolute atomic E-state index is 11.1. The maximum atomic E-state index is 11.1. The Kier molecular flexibility index (Phi) is 2.92. The van der Waals surface area contributed by atoms with Gasteiger partial charge in [0.1, 0.15) is 0 Å². The highest BCUT2D eigenvalue weighted by molar-refractivity contribution is 5.86. The largest absolute Gasteiger partial charge is 0.346 e. The summed E-state index contributed by atoms with van der Waals surface area (Å²) in [5.74, 6) is 6.59. The molecule has 3 N–H and O–H groups in total. The minimum Gasteiger partial charge on any atom is -0.346 e. The van der Waals surface area contributed by atoms with E-state index >= 15 is 0 Å². The molecule has 0 radical (unpaired) electrons. The van der Waals surface area contributed by atoms with Crippen molar-refractivity contribution in [1.29, 1.82) is 0 Å². The molecule has 3 aromatic rings. The van der Waals surface area contributed by atoms with E-state index in [0.29, 0.717) is 23.8 Å². The Labute approximate surface area is 113 Å². The van der Waals surface area contributed by atoms with Gasteiger partial charge in [0, 0.05) is 31.6 Å². The van der Waals surface area contributed by atoms with Gasteiger partial charge >= 0.3 is 0 Å². The number of aryl methyl sites for hydroxylation is 1. The lowest BCUT2D eigenvalue weighted by molar-refractivity contribution is 0.730. The fourth-order valence-electron chi connectivity index (χ4n) is 1.96. The average Bonchev–Trinajstić information content (AvgIpc) is 2.82. The molecule has 0 spiro atoms. The van der Waals surface area contributed by atoms with E-state index in [1.165, 1.54) is 12.1 Å². The van der Waals surface area contributed by atoms with Gasteiger partial charge < -0.3 is 9.99 Å². The summed E-state index contributed by atoms with van der Waals surface area (Å²) in [5.41, 5.74) is 3.22. The summed E-state index contributed by atoms with van der Waals surface area (Å²) in [5, 5.41) is 4.90. The molecule has 0 aromatic carbocycles. The molecule has 0 saturated carbocycles. The van der Waals surface area contributed by atoms with Crippen LogP contribution in [-0.4, -0.2) is 24.3 Å². The molecule has 0 saturated heterocycles. The third-order valence-electron chi connectivity index (χ3n) is 2.96. The summed E-state index contributed by atoms with van der Waals surface area (Å²) in [6, 6.07) is 2.98. The van der Waals surface area contributed by atoms with Crippen molar-refractivity contribution in [2.45, 2.75) is 6.54 Å². The molecule has 0 aliphatic carbocycles. The van der Waals surface area contributed by atoms with Crippen molar-refractivity contribution in [2.75, 3.05) is 5.43 Å². The first-order valence-electron chi connectivity index (χ1n) is 5.99. The molecule has 3 heterocycles. The minimum atomic E-state index is -0.0337.